The van der Waals surface area contributed by atoms with Gasteiger partial charge in [0.1, 0.15) is 5.69 Å². The quantitative estimate of drug-likeness (QED) is 0.485. The molecule has 1 aliphatic rings. The number of anilines is 1. The van der Waals surface area contributed by atoms with Crippen LogP contribution in [0.25, 0.3) is 11.0 Å². The van der Waals surface area contributed by atoms with E-state index >= 15 is 0 Å². The molecule has 1 amide bonds. The maximum Gasteiger partial charge on any atom is 0.272 e. The van der Waals surface area contributed by atoms with Crippen LogP contribution in [0.1, 0.15) is 21.6 Å². The summed E-state index contributed by atoms with van der Waals surface area (Å²) in [4.78, 5) is 42.6. The molecule has 0 atom stereocenters. The van der Waals surface area contributed by atoms with Crippen molar-refractivity contribution in [3.63, 3.8) is 0 Å². The summed E-state index contributed by atoms with van der Waals surface area (Å²) >= 11 is 0. The van der Waals surface area contributed by atoms with E-state index in [-0.39, 0.29) is 11.5 Å². The fourth-order valence-corrected chi connectivity index (χ4v) is 4.16. The van der Waals surface area contributed by atoms with E-state index in [9.17, 15) is 9.59 Å². The van der Waals surface area contributed by atoms with Crippen LogP contribution < -0.4 is 10.5 Å². The lowest BCUT2D eigenvalue weighted by Gasteiger charge is -2.34. The van der Waals surface area contributed by atoms with E-state index in [1.165, 1.54) is 0 Å². The highest BCUT2D eigenvalue weighted by Gasteiger charge is 2.23. The second kappa shape index (κ2) is 8.82. The minimum absolute atomic E-state index is 0.0116. The zero-order valence-corrected chi connectivity index (χ0v) is 18.4. The number of benzene rings is 2. The average molecular weight is 441 g/mol. The summed E-state index contributed by atoms with van der Waals surface area (Å²) < 4.78 is 1.74. The van der Waals surface area contributed by atoms with E-state index in [0.717, 1.165) is 16.6 Å². The Morgan fingerprint density at radius 1 is 0.909 bits per heavy atom. The minimum atomic E-state index is -0.103. The number of carbonyl (C=O) groups is 1. The number of nitrogens with zero attached hydrogens (tertiary/aromatic N) is 6. The molecule has 0 N–H and O–H groups in total. The van der Waals surface area contributed by atoms with E-state index in [1.54, 1.807) is 30.0 Å². The molecule has 8 nitrogen and oxygen atoms in total. The van der Waals surface area contributed by atoms with Crippen LogP contribution in [0.15, 0.2) is 71.8 Å². The summed E-state index contributed by atoms with van der Waals surface area (Å²) in [6, 6.07) is 16.9. The van der Waals surface area contributed by atoms with Gasteiger partial charge in [0.05, 0.1) is 17.6 Å². The van der Waals surface area contributed by atoms with E-state index < -0.39 is 0 Å². The number of hydrogen-bond acceptors (Lipinski definition) is 6. The fraction of sp³-hybridized carbons (Fsp3) is 0.240. The lowest BCUT2D eigenvalue weighted by molar-refractivity contribution is 0.0746. The Kier molecular flexibility index (Phi) is 5.56. The Balaban J connectivity index is 1.29. The smallest absolute Gasteiger partial charge is 0.272 e. The zero-order chi connectivity index (χ0) is 22.8. The van der Waals surface area contributed by atoms with E-state index in [2.05, 4.69) is 19.9 Å². The summed E-state index contributed by atoms with van der Waals surface area (Å²) in [7, 11) is 0. The van der Waals surface area contributed by atoms with Crippen LogP contribution in [0.2, 0.25) is 0 Å². The first kappa shape index (κ1) is 20.8. The third-order valence-corrected chi connectivity index (χ3v) is 5.96. The highest BCUT2D eigenvalue weighted by Crippen LogP contribution is 2.15. The van der Waals surface area contributed by atoms with Crippen LogP contribution >= 0.6 is 0 Å². The number of aryl methyl sites for hydroxylation is 1. The highest BCUT2D eigenvalue weighted by molar-refractivity contribution is 5.94. The third-order valence-electron chi connectivity index (χ3n) is 5.96. The standard InChI is InChI=1S/C25H24N6O2/c1-18-23(32)31(22-6-3-2-5-21(22)28-18)17-19-7-9-20(10-8-19)24(33)29-13-15-30(16-14-29)25-26-11-4-12-27-25/h2-12H,13-17H2,1H3. The topological polar surface area (TPSA) is 84.2 Å². The van der Waals surface area contributed by atoms with E-state index in [0.29, 0.717) is 49.9 Å². The Hall–Kier alpha value is -4.07. The number of fused-ring (bicyclic) bond motifs is 1. The average Bonchev–Trinajstić information content (AvgIpc) is 2.87. The van der Waals surface area contributed by atoms with Crippen molar-refractivity contribution in [2.75, 3.05) is 31.1 Å². The number of para-hydroxylation sites is 2. The largest absolute Gasteiger partial charge is 0.337 e. The van der Waals surface area contributed by atoms with Crippen molar-refractivity contribution in [2.45, 2.75) is 13.5 Å². The Morgan fingerprint density at radius 3 is 2.33 bits per heavy atom. The van der Waals surface area contributed by atoms with Crippen LogP contribution in [0.5, 0.6) is 0 Å². The predicted octanol–water partition coefficient (Wildman–Crippen LogP) is 2.51. The second-order valence-corrected chi connectivity index (χ2v) is 8.10. The molecule has 3 heterocycles. The van der Waals surface area contributed by atoms with Crippen molar-refractivity contribution in [1.82, 2.24) is 24.4 Å². The van der Waals surface area contributed by atoms with Crippen LogP contribution in [-0.4, -0.2) is 56.5 Å². The van der Waals surface area contributed by atoms with Gasteiger partial charge in [-0.1, -0.05) is 24.3 Å². The van der Waals surface area contributed by atoms with E-state index in [1.807, 2.05) is 53.4 Å². The van der Waals surface area contributed by atoms with Crippen molar-refractivity contribution < 1.29 is 4.79 Å². The predicted molar refractivity (Wildman–Crippen MR) is 126 cm³/mol. The number of rotatable bonds is 4. The monoisotopic (exact) mass is 440 g/mol. The summed E-state index contributed by atoms with van der Waals surface area (Å²) in [6.45, 7) is 4.80. The van der Waals surface area contributed by atoms with Crippen molar-refractivity contribution in [2.24, 2.45) is 0 Å². The van der Waals surface area contributed by atoms with Gasteiger partial charge in [-0.3, -0.25) is 9.59 Å². The molecule has 1 fully saturated rings. The minimum Gasteiger partial charge on any atom is -0.337 e. The first-order chi connectivity index (χ1) is 16.1. The van der Waals surface area contributed by atoms with Crippen LogP contribution in [0, 0.1) is 6.92 Å². The highest BCUT2D eigenvalue weighted by atomic mass is 16.2. The molecule has 2 aromatic heterocycles. The van der Waals surface area contributed by atoms with Crippen LogP contribution in [0.3, 0.4) is 0 Å². The summed E-state index contributed by atoms with van der Waals surface area (Å²) in [5.41, 5.74) is 3.56. The number of hydrogen-bond donors (Lipinski definition) is 0. The first-order valence-corrected chi connectivity index (χ1v) is 11.0. The van der Waals surface area contributed by atoms with Gasteiger partial charge in [0.2, 0.25) is 5.95 Å². The first-order valence-electron chi connectivity index (χ1n) is 11.0. The maximum absolute atomic E-state index is 13.0. The lowest BCUT2D eigenvalue weighted by Crippen LogP contribution is -2.49. The van der Waals surface area contributed by atoms with E-state index in [4.69, 9.17) is 0 Å². The van der Waals surface area contributed by atoms with Gasteiger partial charge in [-0.05, 0) is 42.8 Å². The Bertz CT molecular complexity index is 1340. The van der Waals surface area contributed by atoms with Gasteiger partial charge in [-0.2, -0.15) is 0 Å². The molecule has 0 saturated carbocycles. The van der Waals surface area contributed by atoms with Crippen LogP contribution in [-0.2, 0) is 6.54 Å². The Labute approximate surface area is 191 Å². The fourth-order valence-electron chi connectivity index (χ4n) is 4.16. The molecule has 0 aliphatic carbocycles. The van der Waals surface area contributed by atoms with Gasteiger partial charge in [0.25, 0.3) is 11.5 Å². The summed E-state index contributed by atoms with van der Waals surface area (Å²) in [6.07, 6.45) is 3.46. The van der Waals surface area contributed by atoms with Gasteiger partial charge in [-0.25, -0.2) is 15.0 Å². The van der Waals surface area contributed by atoms with Gasteiger partial charge in [-0.15, -0.1) is 0 Å². The number of amides is 1. The maximum atomic E-state index is 13.0. The molecular weight excluding hydrogens is 416 g/mol. The second-order valence-electron chi connectivity index (χ2n) is 8.10. The normalized spacial score (nSPS) is 14.0. The molecule has 5 rings (SSSR count). The van der Waals surface area contributed by atoms with Crippen molar-refractivity contribution in [1.29, 1.82) is 0 Å². The van der Waals surface area contributed by atoms with Crippen molar-refractivity contribution >= 4 is 22.9 Å². The zero-order valence-electron chi connectivity index (χ0n) is 18.4. The molecule has 1 saturated heterocycles. The van der Waals surface area contributed by atoms with Gasteiger partial charge in [0.15, 0.2) is 0 Å². The molecule has 1 aliphatic heterocycles. The van der Waals surface area contributed by atoms with Crippen molar-refractivity contribution in [3.05, 3.63) is 94.2 Å². The molecule has 166 valence electrons. The molecule has 0 radical (unpaired) electrons. The molecule has 2 aromatic carbocycles. The number of carbonyl (C=O) groups excluding carboxylic acids is 1. The van der Waals surface area contributed by atoms with Gasteiger partial charge in [0, 0.05) is 44.1 Å². The molecule has 0 spiro atoms. The molecule has 0 bridgehead atoms. The number of piperazine rings is 1. The lowest BCUT2D eigenvalue weighted by atomic mass is 10.1. The van der Waals surface area contributed by atoms with Gasteiger partial charge < -0.3 is 14.4 Å². The number of aromatic nitrogens is 4. The molecule has 0 unspecified atom stereocenters. The SMILES string of the molecule is Cc1nc2ccccc2n(Cc2ccc(C(=O)N3CCN(c4ncccn4)CC3)cc2)c1=O. The van der Waals surface area contributed by atoms with Gasteiger partial charge >= 0.3 is 0 Å². The third kappa shape index (κ3) is 4.19. The summed E-state index contributed by atoms with van der Waals surface area (Å²) in [5.74, 6) is 0.709. The summed E-state index contributed by atoms with van der Waals surface area (Å²) in [5, 5.41) is 0. The van der Waals surface area contributed by atoms with Crippen molar-refractivity contribution in [3.8, 4) is 0 Å². The Morgan fingerprint density at radius 2 is 1.61 bits per heavy atom. The molecule has 8 heteroatoms. The molecule has 4 aromatic rings. The molecular formula is C25H24N6O2. The molecule has 33 heavy (non-hydrogen) atoms. The van der Waals surface area contributed by atoms with Crippen LogP contribution in [0.4, 0.5) is 5.95 Å².